The minimum absolute atomic E-state index is 0.270. The molecule has 1 unspecified atom stereocenters. The molecule has 1 aliphatic heterocycles. The standard InChI is InChI=1S/C14H22N2O2S/c1-2-9-19(17,18)16-8-4-6-14(12-16)10-13-5-3-7-15-11-13/h3,5,7,11,14H,2,4,6,8-10,12H2,1H3. The van der Waals surface area contributed by atoms with Crippen LogP contribution in [-0.4, -0.2) is 36.5 Å². The summed E-state index contributed by atoms with van der Waals surface area (Å²) in [5.74, 6) is 0.691. The molecule has 2 heterocycles. The molecule has 19 heavy (non-hydrogen) atoms. The summed E-state index contributed by atoms with van der Waals surface area (Å²) in [6.45, 7) is 3.26. The number of aromatic nitrogens is 1. The Balaban J connectivity index is 1.98. The fraction of sp³-hybridized carbons (Fsp3) is 0.643. The van der Waals surface area contributed by atoms with Crippen molar-refractivity contribution in [2.45, 2.75) is 32.6 Å². The Morgan fingerprint density at radius 1 is 1.47 bits per heavy atom. The smallest absolute Gasteiger partial charge is 0.214 e. The van der Waals surface area contributed by atoms with Crippen LogP contribution in [-0.2, 0) is 16.4 Å². The molecule has 1 aliphatic rings. The van der Waals surface area contributed by atoms with E-state index in [4.69, 9.17) is 0 Å². The third-order valence-corrected chi connectivity index (χ3v) is 5.63. The van der Waals surface area contributed by atoms with E-state index in [1.807, 2.05) is 19.2 Å². The van der Waals surface area contributed by atoms with Crippen molar-refractivity contribution in [3.8, 4) is 0 Å². The zero-order chi connectivity index (χ0) is 13.7. The summed E-state index contributed by atoms with van der Waals surface area (Å²) in [6, 6.07) is 4.00. The van der Waals surface area contributed by atoms with Gasteiger partial charge in [0.1, 0.15) is 0 Å². The fourth-order valence-corrected chi connectivity index (χ4v) is 4.30. The van der Waals surface area contributed by atoms with E-state index in [-0.39, 0.29) is 5.75 Å². The van der Waals surface area contributed by atoms with Crippen molar-refractivity contribution in [1.29, 1.82) is 0 Å². The monoisotopic (exact) mass is 282 g/mol. The molecule has 1 aromatic rings. The number of pyridine rings is 1. The van der Waals surface area contributed by atoms with E-state index in [0.717, 1.165) is 19.3 Å². The van der Waals surface area contributed by atoms with E-state index in [9.17, 15) is 8.42 Å². The summed E-state index contributed by atoms with van der Waals surface area (Å²) in [5.41, 5.74) is 1.20. The lowest BCUT2D eigenvalue weighted by molar-refractivity contribution is 0.265. The quantitative estimate of drug-likeness (QED) is 0.831. The molecular weight excluding hydrogens is 260 g/mol. The van der Waals surface area contributed by atoms with Gasteiger partial charge < -0.3 is 0 Å². The molecule has 4 nitrogen and oxygen atoms in total. The third-order valence-electron chi connectivity index (χ3n) is 3.58. The first-order valence-corrected chi connectivity index (χ1v) is 8.59. The van der Waals surface area contributed by atoms with Crippen LogP contribution in [0.15, 0.2) is 24.5 Å². The molecule has 2 rings (SSSR count). The van der Waals surface area contributed by atoms with E-state index in [2.05, 4.69) is 11.1 Å². The SMILES string of the molecule is CCCS(=O)(=O)N1CCCC(Cc2cccnc2)C1. The van der Waals surface area contributed by atoms with Crippen LogP contribution in [0.1, 0.15) is 31.7 Å². The van der Waals surface area contributed by atoms with Crippen molar-refractivity contribution in [2.24, 2.45) is 5.92 Å². The maximum absolute atomic E-state index is 12.1. The molecule has 5 heteroatoms. The summed E-state index contributed by atoms with van der Waals surface area (Å²) in [4.78, 5) is 4.12. The van der Waals surface area contributed by atoms with Crippen molar-refractivity contribution in [3.05, 3.63) is 30.1 Å². The molecule has 0 N–H and O–H groups in total. The van der Waals surface area contributed by atoms with Gasteiger partial charge in [0.2, 0.25) is 10.0 Å². The lowest BCUT2D eigenvalue weighted by Gasteiger charge is -2.32. The van der Waals surface area contributed by atoms with Gasteiger partial charge in [0.15, 0.2) is 0 Å². The average Bonchev–Trinajstić information content (AvgIpc) is 2.40. The normalized spacial score (nSPS) is 21.4. The van der Waals surface area contributed by atoms with Crippen LogP contribution in [0, 0.1) is 5.92 Å². The minimum atomic E-state index is -3.04. The number of hydrogen-bond donors (Lipinski definition) is 0. The van der Waals surface area contributed by atoms with Gasteiger partial charge in [0, 0.05) is 25.5 Å². The number of piperidine rings is 1. The van der Waals surface area contributed by atoms with Crippen molar-refractivity contribution in [2.75, 3.05) is 18.8 Å². The van der Waals surface area contributed by atoms with Crippen LogP contribution in [0.2, 0.25) is 0 Å². The van der Waals surface area contributed by atoms with E-state index in [1.165, 1.54) is 5.56 Å². The highest BCUT2D eigenvalue weighted by atomic mass is 32.2. The van der Waals surface area contributed by atoms with Crippen LogP contribution >= 0.6 is 0 Å². The molecule has 1 atom stereocenters. The Hall–Kier alpha value is -0.940. The second-order valence-corrected chi connectivity index (χ2v) is 7.34. The predicted molar refractivity (Wildman–Crippen MR) is 76.3 cm³/mol. The highest BCUT2D eigenvalue weighted by molar-refractivity contribution is 7.89. The topological polar surface area (TPSA) is 50.3 Å². The molecule has 0 saturated carbocycles. The Morgan fingerprint density at radius 3 is 3.00 bits per heavy atom. The molecular formula is C14H22N2O2S. The molecule has 1 aromatic heterocycles. The van der Waals surface area contributed by atoms with Gasteiger partial charge >= 0.3 is 0 Å². The van der Waals surface area contributed by atoms with Crippen LogP contribution in [0.5, 0.6) is 0 Å². The molecule has 0 radical (unpaired) electrons. The van der Waals surface area contributed by atoms with Gasteiger partial charge in [-0.3, -0.25) is 4.98 Å². The molecule has 0 bridgehead atoms. The summed E-state index contributed by atoms with van der Waals surface area (Å²) < 4.78 is 25.9. The van der Waals surface area contributed by atoms with Crippen LogP contribution < -0.4 is 0 Å². The number of rotatable bonds is 5. The second kappa shape index (κ2) is 6.48. The second-order valence-electron chi connectivity index (χ2n) is 5.25. The molecule has 106 valence electrons. The highest BCUT2D eigenvalue weighted by Gasteiger charge is 2.28. The van der Waals surface area contributed by atoms with Gasteiger partial charge in [-0.05, 0) is 43.2 Å². The van der Waals surface area contributed by atoms with Gasteiger partial charge in [-0.2, -0.15) is 0 Å². The largest absolute Gasteiger partial charge is 0.264 e. The van der Waals surface area contributed by atoms with Gasteiger partial charge in [-0.1, -0.05) is 13.0 Å². The summed E-state index contributed by atoms with van der Waals surface area (Å²) in [5, 5.41) is 0. The molecule has 0 aromatic carbocycles. The first-order valence-electron chi connectivity index (χ1n) is 6.98. The van der Waals surface area contributed by atoms with Gasteiger partial charge in [0.25, 0.3) is 0 Å². The van der Waals surface area contributed by atoms with Crippen molar-refractivity contribution in [3.63, 3.8) is 0 Å². The van der Waals surface area contributed by atoms with Crippen molar-refractivity contribution < 1.29 is 8.42 Å². The van der Waals surface area contributed by atoms with Gasteiger partial charge in [0.05, 0.1) is 5.75 Å². The average molecular weight is 282 g/mol. The molecule has 0 aliphatic carbocycles. The van der Waals surface area contributed by atoms with E-state index in [0.29, 0.717) is 25.4 Å². The lowest BCUT2D eigenvalue weighted by atomic mass is 9.93. The maximum Gasteiger partial charge on any atom is 0.214 e. The molecule has 0 amide bonds. The van der Waals surface area contributed by atoms with E-state index < -0.39 is 10.0 Å². The number of sulfonamides is 1. The van der Waals surface area contributed by atoms with E-state index >= 15 is 0 Å². The summed E-state index contributed by atoms with van der Waals surface area (Å²) >= 11 is 0. The fourth-order valence-electron chi connectivity index (χ4n) is 2.69. The zero-order valence-corrected chi connectivity index (χ0v) is 12.3. The lowest BCUT2D eigenvalue weighted by Crippen LogP contribution is -2.41. The minimum Gasteiger partial charge on any atom is -0.264 e. The summed E-state index contributed by atoms with van der Waals surface area (Å²) in [7, 11) is -3.04. The van der Waals surface area contributed by atoms with E-state index in [1.54, 1.807) is 10.5 Å². The van der Waals surface area contributed by atoms with Crippen molar-refractivity contribution >= 4 is 10.0 Å². The predicted octanol–water partition coefficient (Wildman–Crippen LogP) is 2.08. The molecule has 1 fully saturated rings. The van der Waals surface area contributed by atoms with Gasteiger partial charge in [-0.15, -0.1) is 0 Å². The van der Waals surface area contributed by atoms with Crippen molar-refractivity contribution in [1.82, 2.24) is 9.29 Å². The van der Waals surface area contributed by atoms with Crippen LogP contribution in [0.4, 0.5) is 0 Å². The van der Waals surface area contributed by atoms with Crippen LogP contribution in [0.3, 0.4) is 0 Å². The number of nitrogens with zero attached hydrogens (tertiary/aromatic N) is 2. The molecule has 1 saturated heterocycles. The third kappa shape index (κ3) is 4.01. The first kappa shape index (κ1) is 14.5. The Labute approximate surface area is 115 Å². The zero-order valence-electron chi connectivity index (χ0n) is 11.5. The summed E-state index contributed by atoms with van der Waals surface area (Å²) in [6.07, 6.45) is 7.32. The van der Waals surface area contributed by atoms with Crippen LogP contribution in [0.25, 0.3) is 0 Å². The van der Waals surface area contributed by atoms with Gasteiger partial charge in [-0.25, -0.2) is 12.7 Å². The Kier molecular flexibility index (Phi) is 4.93. The maximum atomic E-state index is 12.1. The number of hydrogen-bond acceptors (Lipinski definition) is 3. The highest BCUT2D eigenvalue weighted by Crippen LogP contribution is 2.22. The Morgan fingerprint density at radius 2 is 2.32 bits per heavy atom. The Bertz CT molecular complexity index is 487. The molecule has 0 spiro atoms. The first-order chi connectivity index (χ1) is 9.12.